The highest BCUT2D eigenvalue weighted by molar-refractivity contribution is 5.34. The molecule has 3 N–H and O–H groups in total. The van der Waals surface area contributed by atoms with Gasteiger partial charge in [-0.2, -0.15) is 13.2 Å². The van der Waals surface area contributed by atoms with Gasteiger partial charge in [0, 0.05) is 18.3 Å². The highest BCUT2D eigenvalue weighted by Crippen LogP contribution is 2.32. The van der Waals surface area contributed by atoms with Gasteiger partial charge in [-0.3, -0.25) is 4.98 Å². The van der Waals surface area contributed by atoms with Gasteiger partial charge >= 0.3 is 6.18 Å². The number of rotatable bonds is 3. The first kappa shape index (κ1) is 16.7. The second-order valence-corrected chi connectivity index (χ2v) is 5.83. The highest BCUT2D eigenvalue weighted by atomic mass is 19.4. The van der Waals surface area contributed by atoms with Crippen LogP contribution in [-0.4, -0.2) is 17.6 Å². The molecule has 0 saturated carbocycles. The van der Waals surface area contributed by atoms with Gasteiger partial charge in [0.15, 0.2) is 0 Å². The largest absolute Gasteiger partial charge is 0.457 e. The molecule has 1 saturated heterocycles. The molecule has 2 heterocycles. The van der Waals surface area contributed by atoms with E-state index in [-0.39, 0.29) is 12.1 Å². The molecule has 2 unspecified atom stereocenters. The standard InChI is InChI=1S/C17H18F3N3O/c18-17(19,20)11-1-3-13(4-2-11)24-14-6-8-23-16(10-14)15-9-12(21)5-7-22-15/h1-4,6,8,10,12,15,22H,5,7,9,21H2. The zero-order valence-electron chi connectivity index (χ0n) is 12.9. The van der Waals surface area contributed by atoms with Crippen molar-refractivity contribution in [2.75, 3.05) is 6.54 Å². The third-order valence-electron chi connectivity index (χ3n) is 3.97. The number of hydrogen-bond acceptors (Lipinski definition) is 4. The van der Waals surface area contributed by atoms with Crippen LogP contribution in [0.1, 0.15) is 30.1 Å². The minimum absolute atomic E-state index is 0.0601. The van der Waals surface area contributed by atoms with Crippen LogP contribution < -0.4 is 15.8 Å². The number of nitrogens with zero attached hydrogens (tertiary/aromatic N) is 1. The number of halogens is 3. The van der Waals surface area contributed by atoms with E-state index < -0.39 is 11.7 Å². The zero-order chi connectivity index (χ0) is 17.2. The number of ether oxygens (including phenoxy) is 1. The van der Waals surface area contributed by atoms with Crippen molar-refractivity contribution in [3.63, 3.8) is 0 Å². The Bertz CT molecular complexity index is 688. The van der Waals surface area contributed by atoms with Crippen molar-refractivity contribution in [3.05, 3.63) is 53.9 Å². The molecule has 1 aliphatic heterocycles. The van der Waals surface area contributed by atoms with E-state index in [9.17, 15) is 13.2 Å². The van der Waals surface area contributed by atoms with Gasteiger partial charge in [0.25, 0.3) is 0 Å². The Labute approximate surface area is 137 Å². The summed E-state index contributed by atoms with van der Waals surface area (Å²) in [4.78, 5) is 4.34. The van der Waals surface area contributed by atoms with E-state index in [1.807, 2.05) is 0 Å². The van der Waals surface area contributed by atoms with Crippen LogP contribution in [-0.2, 0) is 6.18 Å². The average Bonchev–Trinajstić information content (AvgIpc) is 2.55. The maximum absolute atomic E-state index is 12.6. The van der Waals surface area contributed by atoms with Crippen molar-refractivity contribution >= 4 is 0 Å². The Morgan fingerprint density at radius 1 is 1.12 bits per heavy atom. The summed E-state index contributed by atoms with van der Waals surface area (Å²) < 4.78 is 43.3. The molecule has 1 fully saturated rings. The molecule has 4 nitrogen and oxygen atoms in total. The molecule has 0 bridgehead atoms. The number of pyridine rings is 1. The van der Waals surface area contributed by atoms with Crippen molar-refractivity contribution in [2.24, 2.45) is 5.73 Å². The van der Waals surface area contributed by atoms with E-state index in [1.165, 1.54) is 12.1 Å². The van der Waals surface area contributed by atoms with Crippen LogP contribution >= 0.6 is 0 Å². The first-order chi connectivity index (χ1) is 11.4. The lowest BCUT2D eigenvalue weighted by atomic mass is 9.97. The topological polar surface area (TPSA) is 60.2 Å². The lowest BCUT2D eigenvalue weighted by molar-refractivity contribution is -0.137. The number of hydrogen-bond donors (Lipinski definition) is 2. The Balaban J connectivity index is 1.72. The molecule has 7 heteroatoms. The molecule has 0 aliphatic carbocycles. The Morgan fingerprint density at radius 3 is 2.54 bits per heavy atom. The summed E-state index contributed by atoms with van der Waals surface area (Å²) in [5, 5.41) is 3.36. The van der Waals surface area contributed by atoms with E-state index in [1.54, 1.807) is 18.3 Å². The fourth-order valence-corrected chi connectivity index (χ4v) is 2.70. The predicted octanol–water partition coefficient (Wildman–Crippen LogP) is 3.64. The first-order valence-electron chi connectivity index (χ1n) is 7.72. The summed E-state index contributed by atoms with van der Waals surface area (Å²) in [6.07, 6.45) is -1.01. The fourth-order valence-electron chi connectivity index (χ4n) is 2.70. The number of piperidine rings is 1. The van der Waals surface area contributed by atoms with Crippen LogP contribution in [0.2, 0.25) is 0 Å². The molecule has 1 aliphatic rings. The third-order valence-corrected chi connectivity index (χ3v) is 3.97. The van der Waals surface area contributed by atoms with Gasteiger partial charge in [0.2, 0.25) is 0 Å². The molecule has 128 valence electrons. The number of alkyl halides is 3. The Hall–Kier alpha value is -2.12. The molecule has 24 heavy (non-hydrogen) atoms. The van der Waals surface area contributed by atoms with Gasteiger partial charge in [-0.1, -0.05) is 0 Å². The quantitative estimate of drug-likeness (QED) is 0.898. The van der Waals surface area contributed by atoms with E-state index in [0.29, 0.717) is 11.5 Å². The number of benzene rings is 1. The van der Waals surface area contributed by atoms with Crippen LogP contribution in [0.5, 0.6) is 11.5 Å². The predicted molar refractivity (Wildman–Crippen MR) is 83.7 cm³/mol. The van der Waals surface area contributed by atoms with E-state index in [0.717, 1.165) is 37.2 Å². The SMILES string of the molecule is NC1CCNC(c2cc(Oc3ccc(C(F)(F)F)cc3)ccn2)C1. The molecule has 1 aromatic carbocycles. The molecule has 0 spiro atoms. The van der Waals surface area contributed by atoms with Crippen molar-refractivity contribution in [3.8, 4) is 11.5 Å². The van der Waals surface area contributed by atoms with Gasteiger partial charge < -0.3 is 15.8 Å². The molecule has 0 radical (unpaired) electrons. The monoisotopic (exact) mass is 337 g/mol. The third kappa shape index (κ3) is 4.04. The van der Waals surface area contributed by atoms with Crippen molar-refractivity contribution in [2.45, 2.75) is 31.1 Å². The molecule has 2 aromatic rings. The van der Waals surface area contributed by atoms with Gasteiger partial charge in [-0.25, -0.2) is 0 Å². The van der Waals surface area contributed by atoms with Crippen LogP contribution in [0.3, 0.4) is 0 Å². The highest BCUT2D eigenvalue weighted by Gasteiger charge is 2.30. The van der Waals surface area contributed by atoms with E-state index in [2.05, 4.69) is 10.3 Å². The number of nitrogens with one attached hydrogen (secondary N) is 1. The van der Waals surface area contributed by atoms with Crippen LogP contribution in [0.15, 0.2) is 42.6 Å². The van der Waals surface area contributed by atoms with Gasteiger partial charge in [0.1, 0.15) is 11.5 Å². The van der Waals surface area contributed by atoms with E-state index >= 15 is 0 Å². The smallest absolute Gasteiger partial charge is 0.416 e. The summed E-state index contributed by atoms with van der Waals surface area (Å²) >= 11 is 0. The summed E-state index contributed by atoms with van der Waals surface area (Å²) in [7, 11) is 0. The summed E-state index contributed by atoms with van der Waals surface area (Å²) in [6, 6.07) is 8.26. The maximum Gasteiger partial charge on any atom is 0.416 e. The summed E-state index contributed by atoms with van der Waals surface area (Å²) in [6.45, 7) is 0.831. The number of aromatic nitrogens is 1. The molecule has 2 atom stereocenters. The molecule has 1 aromatic heterocycles. The van der Waals surface area contributed by atoms with Gasteiger partial charge in [-0.15, -0.1) is 0 Å². The number of nitrogens with two attached hydrogens (primary N) is 1. The van der Waals surface area contributed by atoms with Crippen LogP contribution in [0, 0.1) is 0 Å². The maximum atomic E-state index is 12.6. The molecular weight excluding hydrogens is 319 g/mol. The lowest BCUT2D eigenvalue weighted by Crippen LogP contribution is -2.38. The zero-order valence-corrected chi connectivity index (χ0v) is 12.9. The minimum atomic E-state index is -4.35. The molecular formula is C17H18F3N3O. The van der Waals surface area contributed by atoms with Crippen molar-refractivity contribution < 1.29 is 17.9 Å². The van der Waals surface area contributed by atoms with E-state index in [4.69, 9.17) is 10.5 Å². The molecule has 3 rings (SSSR count). The first-order valence-corrected chi connectivity index (χ1v) is 7.72. The average molecular weight is 337 g/mol. The van der Waals surface area contributed by atoms with Crippen LogP contribution in [0.25, 0.3) is 0 Å². The lowest BCUT2D eigenvalue weighted by Gasteiger charge is -2.27. The molecule has 0 amide bonds. The van der Waals surface area contributed by atoms with Crippen molar-refractivity contribution in [1.82, 2.24) is 10.3 Å². The Morgan fingerprint density at radius 2 is 1.88 bits per heavy atom. The minimum Gasteiger partial charge on any atom is -0.457 e. The van der Waals surface area contributed by atoms with Crippen molar-refractivity contribution in [1.29, 1.82) is 0 Å². The summed E-state index contributed by atoms with van der Waals surface area (Å²) in [5.74, 6) is 0.870. The second-order valence-electron chi connectivity index (χ2n) is 5.83. The summed E-state index contributed by atoms with van der Waals surface area (Å²) in [5.41, 5.74) is 6.09. The van der Waals surface area contributed by atoms with Gasteiger partial charge in [0.05, 0.1) is 17.3 Å². The van der Waals surface area contributed by atoms with Crippen LogP contribution in [0.4, 0.5) is 13.2 Å². The van der Waals surface area contributed by atoms with Gasteiger partial charge in [-0.05, 0) is 49.7 Å². The normalized spacial score (nSPS) is 21.5. The fraction of sp³-hybridized carbons (Fsp3) is 0.353. The Kier molecular flexibility index (Phi) is 4.73. The second kappa shape index (κ2) is 6.78.